The SMILES string of the molecule is CN(C)c1cccc(NC(=O)c2c(O)cccc2F)c1. The van der Waals surface area contributed by atoms with Crippen LogP contribution in [0.15, 0.2) is 42.5 Å². The van der Waals surface area contributed by atoms with Gasteiger partial charge in [-0.3, -0.25) is 4.79 Å². The Morgan fingerprint density at radius 3 is 2.55 bits per heavy atom. The molecule has 2 rings (SSSR count). The number of nitrogens with one attached hydrogen (secondary N) is 1. The molecular weight excluding hydrogens is 259 g/mol. The van der Waals surface area contributed by atoms with E-state index in [2.05, 4.69) is 5.32 Å². The summed E-state index contributed by atoms with van der Waals surface area (Å²) < 4.78 is 13.6. The number of amides is 1. The van der Waals surface area contributed by atoms with Crippen molar-refractivity contribution >= 4 is 17.3 Å². The van der Waals surface area contributed by atoms with E-state index in [1.165, 1.54) is 12.1 Å². The van der Waals surface area contributed by atoms with Crippen molar-refractivity contribution in [3.63, 3.8) is 0 Å². The van der Waals surface area contributed by atoms with Crippen LogP contribution in [-0.2, 0) is 0 Å². The lowest BCUT2D eigenvalue weighted by Gasteiger charge is -2.14. The molecule has 0 atom stereocenters. The highest BCUT2D eigenvalue weighted by Gasteiger charge is 2.16. The van der Waals surface area contributed by atoms with Crippen molar-refractivity contribution in [1.82, 2.24) is 0 Å². The number of phenolic OH excluding ortho intramolecular Hbond substituents is 1. The molecule has 2 aromatic rings. The molecule has 1 amide bonds. The van der Waals surface area contributed by atoms with Crippen molar-refractivity contribution in [2.24, 2.45) is 0 Å². The second-order valence-electron chi connectivity index (χ2n) is 4.53. The lowest BCUT2D eigenvalue weighted by atomic mass is 10.1. The van der Waals surface area contributed by atoms with E-state index >= 15 is 0 Å². The Morgan fingerprint density at radius 2 is 1.90 bits per heavy atom. The summed E-state index contributed by atoms with van der Waals surface area (Å²) >= 11 is 0. The summed E-state index contributed by atoms with van der Waals surface area (Å²) in [6, 6.07) is 10.9. The molecule has 104 valence electrons. The molecule has 0 saturated heterocycles. The van der Waals surface area contributed by atoms with Gasteiger partial charge in [0.25, 0.3) is 5.91 Å². The second kappa shape index (κ2) is 5.61. The molecule has 0 fully saturated rings. The zero-order valence-electron chi connectivity index (χ0n) is 11.2. The van der Waals surface area contributed by atoms with Crippen molar-refractivity contribution in [3.8, 4) is 5.75 Å². The van der Waals surface area contributed by atoms with Gasteiger partial charge in [0.15, 0.2) is 0 Å². The molecule has 0 heterocycles. The standard InChI is InChI=1S/C15H15FN2O2/c1-18(2)11-6-3-5-10(9-11)17-15(20)14-12(16)7-4-8-13(14)19/h3-9,19H,1-2H3,(H,17,20). The van der Waals surface area contributed by atoms with Crippen LogP contribution in [-0.4, -0.2) is 25.1 Å². The van der Waals surface area contributed by atoms with Gasteiger partial charge in [-0.2, -0.15) is 0 Å². The van der Waals surface area contributed by atoms with Gasteiger partial charge >= 0.3 is 0 Å². The van der Waals surface area contributed by atoms with Gasteiger partial charge in [0.1, 0.15) is 17.1 Å². The number of hydrogen-bond donors (Lipinski definition) is 2. The third-order valence-corrected chi connectivity index (χ3v) is 2.84. The number of carbonyl (C=O) groups excluding carboxylic acids is 1. The lowest BCUT2D eigenvalue weighted by Crippen LogP contribution is -2.15. The third kappa shape index (κ3) is 2.88. The minimum Gasteiger partial charge on any atom is -0.507 e. The minimum atomic E-state index is -0.758. The Morgan fingerprint density at radius 1 is 1.20 bits per heavy atom. The van der Waals surface area contributed by atoms with Crippen molar-refractivity contribution in [2.45, 2.75) is 0 Å². The highest BCUT2D eigenvalue weighted by molar-refractivity contribution is 6.06. The van der Waals surface area contributed by atoms with E-state index in [0.717, 1.165) is 11.8 Å². The number of rotatable bonds is 3. The van der Waals surface area contributed by atoms with Gasteiger partial charge in [-0.1, -0.05) is 12.1 Å². The number of benzene rings is 2. The quantitative estimate of drug-likeness (QED) is 0.905. The van der Waals surface area contributed by atoms with Crippen LogP contribution in [0.25, 0.3) is 0 Å². The third-order valence-electron chi connectivity index (χ3n) is 2.84. The Balaban J connectivity index is 2.26. The van der Waals surface area contributed by atoms with Crippen LogP contribution in [0.3, 0.4) is 0 Å². The monoisotopic (exact) mass is 274 g/mol. The Bertz CT molecular complexity index is 621. The molecule has 0 unspecified atom stereocenters. The number of phenols is 1. The predicted molar refractivity (Wildman–Crippen MR) is 76.8 cm³/mol. The fraction of sp³-hybridized carbons (Fsp3) is 0.133. The summed E-state index contributed by atoms with van der Waals surface area (Å²) in [4.78, 5) is 13.9. The molecular formula is C15H15FN2O2. The van der Waals surface area contributed by atoms with E-state index < -0.39 is 11.7 Å². The van der Waals surface area contributed by atoms with Gasteiger partial charge in [-0.05, 0) is 30.3 Å². The molecule has 0 radical (unpaired) electrons. The molecule has 4 nitrogen and oxygen atoms in total. The van der Waals surface area contributed by atoms with Crippen LogP contribution in [0.2, 0.25) is 0 Å². The number of halogens is 1. The van der Waals surface area contributed by atoms with Crippen LogP contribution in [0.4, 0.5) is 15.8 Å². The highest BCUT2D eigenvalue weighted by atomic mass is 19.1. The molecule has 0 bridgehead atoms. The maximum Gasteiger partial charge on any atom is 0.262 e. The first kappa shape index (κ1) is 13.9. The lowest BCUT2D eigenvalue weighted by molar-refractivity contribution is 0.102. The Hall–Kier alpha value is -2.56. The van der Waals surface area contributed by atoms with Gasteiger partial charge in [0.05, 0.1) is 0 Å². The van der Waals surface area contributed by atoms with Gasteiger partial charge in [-0.25, -0.2) is 4.39 Å². The predicted octanol–water partition coefficient (Wildman–Crippen LogP) is 2.85. The van der Waals surface area contributed by atoms with Gasteiger partial charge in [-0.15, -0.1) is 0 Å². The molecule has 0 spiro atoms. The first-order valence-electron chi connectivity index (χ1n) is 6.05. The molecule has 0 aliphatic carbocycles. The van der Waals surface area contributed by atoms with Crippen LogP contribution in [0.1, 0.15) is 10.4 Å². The summed E-state index contributed by atoms with van der Waals surface area (Å²) in [6.07, 6.45) is 0. The van der Waals surface area contributed by atoms with Crippen molar-refractivity contribution in [3.05, 3.63) is 53.8 Å². The number of hydrogen-bond acceptors (Lipinski definition) is 3. The van der Waals surface area contributed by atoms with E-state index in [0.29, 0.717) is 5.69 Å². The van der Waals surface area contributed by atoms with Gasteiger partial charge in [0, 0.05) is 25.5 Å². The Labute approximate surface area is 116 Å². The van der Waals surface area contributed by atoms with Crippen molar-refractivity contribution < 1.29 is 14.3 Å². The van der Waals surface area contributed by atoms with Gasteiger partial charge < -0.3 is 15.3 Å². The fourth-order valence-electron chi connectivity index (χ4n) is 1.79. The molecule has 2 N–H and O–H groups in total. The first-order chi connectivity index (χ1) is 9.49. The van der Waals surface area contributed by atoms with E-state index in [1.807, 2.05) is 25.1 Å². The van der Waals surface area contributed by atoms with Gasteiger partial charge in [0.2, 0.25) is 0 Å². The average molecular weight is 274 g/mol. The summed E-state index contributed by atoms with van der Waals surface area (Å²) in [5.41, 5.74) is 1.08. The fourth-order valence-corrected chi connectivity index (χ4v) is 1.79. The van der Waals surface area contributed by atoms with Crippen molar-refractivity contribution in [1.29, 1.82) is 0 Å². The zero-order valence-corrected chi connectivity index (χ0v) is 11.2. The topological polar surface area (TPSA) is 52.6 Å². The van der Waals surface area contributed by atoms with Crippen LogP contribution < -0.4 is 10.2 Å². The molecule has 2 aromatic carbocycles. The first-order valence-corrected chi connectivity index (χ1v) is 6.05. The van der Waals surface area contributed by atoms with Crippen LogP contribution >= 0.6 is 0 Å². The zero-order chi connectivity index (χ0) is 14.7. The molecule has 0 aromatic heterocycles. The molecule has 0 saturated carbocycles. The van der Waals surface area contributed by atoms with E-state index in [-0.39, 0.29) is 11.3 Å². The maximum absolute atomic E-state index is 13.6. The normalized spacial score (nSPS) is 10.2. The minimum absolute atomic E-state index is 0.359. The molecule has 20 heavy (non-hydrogen) atoms. The van der Waals surface area contributed by atoms with Crippen LogP contribution in [0.5, 0.6) is 5.75 Å². The number of carbonyl (C=O) groups is 1. The largest absolute Gasteiger partial charge is 0.507 e. The maximum atomic E-state index is 13.6. The summed E-state index contributed by atoms with van der Waals surface area (Å²) in [5, 5.41) is 12.1. The van der Waals surface area contributed by atoms with E-state index in [4.69, 9.17) is 0 Å². The smallest absolute Gasteiger partial charge is 0.262 e. The van der Waals surface area contributed by atoms with E-state index in [9.17, 15) is 14.3 Å². The van der Waals surface area contributed by atoms with Crippen molar-refractivity contribution in [2.75, 3.05) is 24.3 Å². The Kier molecular flexibility index (Phi) is 3.89. The second-order valence-corrected chi connectivity index (χ2v) is 4.53. The number of aromatic hydroxyl groups is 1. The number of anilines is 2. The van der Waals surface area contributed by atoms with E-state index in [1.54, 1.807) is 18.2 Å². The van der Waals surface area contributed by atoms with Crippen LogP contribution in [0, 0.1) is 5.82 Å². The summed E-state index contributed by atoms with van der Waals surface area (Å²) in [5.74, 6) is -1.82. The molecule has 5 heteroatoms. The highest BCUT2D eigenvalue weighted by Crippen LogP contribution is 2.23. The number of nitrogens with zero attached hydrogens (tertiary/aromatic N) is 1. The summed E-state index contributed by atoms with van der Waals surface area (Å²) in [7, 11) is 3.76. The molecule has 0 aliphatic heterocycles. The average Bonchev–Trinajstić information content (AvgIpc) is 2.38. The summed E-state index contributed by atoms with van der Waals surface area (Å²) in [6.45, 7) is 0. The molecule has 0 aliphatic rings.